The molecular formula is C17H17Cl3N2O3. The van der Waals surface area contributed by atoms with Crippen LogP contribution in [0.1, 0.15) is 24.8 Å². The highest BCUT2D eigenvalue weighted by Gasteiger charge is 2.32. The molecule has 1 aromatic heterocycles. The van der Waals surface area contributed by atoms with Crippen molar-refractivity contribution in [3.05, 3.63) is 40.1 Å². The highest BCUT2D eigenvalue weighted by atomic mass is 35.6. The lowest BCUT2D eigenvalue weighted by Gasteiger charge is -2.26. The van der Waals surface area contributed by atoms with Gasteiger partial charge in [-0.15, -0.1) is 0 Å². The third-order valence-electron chi connectivity index (χ3n) is 4.21. The zero-order chi connectivity index (χ0) is 18.0. The zero-order valence-electron chi connectivity index (χ0n) is 13.4. The topological polar surface area (TPSA) is 62.6 Å². The molecule has 0 radical (unpaired) electrons. The maximum Gasteiger partial charge on any atom is 0.278 e. The summed E-state index contributed by atoms with van der Waals surface area (Å²) in [6, 6.07) is 6.87. The largest absolute Gasteiger partial charge is 0.440 e. The number of carbonyl (C=O) groups is 1. The van der Waals surface area contributed by atoms with Crippen LogP contribution in [-0.2, 0) is 11.3 Å². The summed E-state index contributed by atoms with van der Waals surface area (Å²) in [7, 11) is 0. The second-order valence-corrected chi connectivity index (χ2v) is 8.30. The molecule has 3 rings (SSSR count). The van der Waals surface area contributed by atoms with E-state index in [-0.39, 0.29) is 11.3 Å². The fraction of sp³-hybridized carbons (Fsp3) is 0.412. The highest BCUT2D eigenvalue weighted by Crippen LogP contribution is 2.29. The number of amides is 1. The Kier molecular flexibility index (Phi) is 5.58. The fourth-order valence-electron chi connectivity index (χ4n) is 2.94. The van der Waals surface area contributed by atoms with E-state index in [1.165, 1.54) is 6.42 Å². The molecule has 1 aromatic carbocycles. The number of para-hydroxylation sites is 1. The Morgan fingerprint density at radius 2 is 1.84 bits per heavy atom. The highest BCUT2D eigenvalue weighted by molar-refractivity contribution is 6.76. The van der Waals surface area contributed by atoms with Gasteiger partial charge < -0.3 is 4.42 Å². The summed E-state index contributed by atoms with van der Waals surface area (Å²) in [6.45, 7) is 2.16. The predicted octanol–water partition coefficient (Wildman–Crippen LogP) is 4.09. The van der Waals surface area contributed by atoms with Crippen LogP contribution in [0.25, 0.3) is 11.0 Å². The van der Waals surface area contributed by atoms with Gasteiger partial charge >= 0.3 is 0 Å². The quantitative estimate of drug-likeness (QED) is 0.784. The number of anilines is 1. The van der Waals surface area contributed by atoms with Gasteiger partial charge in [0.25, 0.3) is 9.70 Å². The minimum Gasteiger partial charge on any atom is -0.440 e. The number of hydrogen-bond donors (Lipinski definition) is 1. The molecule has 0 bridgehead atoms. The van der Waals surface area contributed by atoms with Gasteiger partial charge in [0.05, 0.1) is 10.9 Å². The number of rotatable bonds is 3. The van der Waals surface area contributed by atoms with Crippen molar-refractivity contribution in [1.82, 2.24) is 4.90 Å². The van der Waals surface area contributed by atoms with E-state index in [9.17, 15) is 9.59 Å². The molecule has 1 aliphatic heterocycles. The summed E-state index contributed by atoms with van der Waals surface area (Å²) in [5, 5.41) is 2.90. The molecular weight excluding hydrogens is 387 g/mol. The molecule has 1 amide bonds. The van der Waals surface area contributed by atoms with Crippen LogP contribution >= 0.6 is 34.8 Å². The van der Waals surface area contributed by atoms with Gasteiger partial charge in [-0.05, 0) is 38.1 Å². The van der Waals surface area contributed by atoms with E-state index in [0.29, 0.717) is 23.1 Å². The number of piperidine rings is 1. The Hall–Kier alpha value is -1.27. The number of nitrogens with one attached hydrogen (secondary N) is 1. The van der Waals surface area contributed by atoms with Gasteiger partial charge in [0.1, 0.15) is 5.58 Å². The molecule has 0 unspecified atom stereocenters. The number of hydrogen-bond acceptors (Lipinski definition) is 4. The van der Waals surface area contributed by atoms with Gasteiger partial charge in [-0.3, -0.25) is 19.8 Å². The first-order chi connectivity index (χ1) is 11.9. The lowest BCUT2D eigenvalue weighted by Crippen LogP contribution is -2.33. The average molecular weight is 404 g/mol. The maximum atomic E-state index is 12.9. The van der Waals surface area contributed by atoms with E-state index in [1.54, 1.807) is 24.3 Å². The van der Waals surface area contributed by atoms with Crippen molar-refractivity contribution in [1.29, 1.82) is 0 Å². The SMILES string of the molecule is O=C(Nc1oc2ccccc2c(=O)c1CN1CCCCC1)C(Cl)(Cl)Cl. The van der Waals surface area contributed by atoms with Crippen LogP contribution in [0, 0.1) is 0 Å². The van der Waals surface area contributed by atoms with Gasteiger partial charge in [-0.1, -0.05) is 53.4 Å². The van der Waals surface area contributed by atoms with E-state index in [0.717, 1.165) is 25.9 Å². The minimum atomic E-state index is -2.15. The molecule has 2 aromatic rings. The molecule has 5 nitrogen and oxygen atoms in total. The molecule has 0 saturated carbocycles. The first-order valence-corrected chi connectivity index (χ1v) is 9.15. The summed E-state index contributed by atoms with van der Waals surface area (Å²) in [5.74, 6) is -0.832. The second kappa shape index (κ2) is 7.54. The van der Waals surface area contributed by atoms with Crippen molar-refractivity contribution in [2.75, 3.05) is 18.4 Å². The standard InChI is InChI=1S/C17H17Cl3N2O3/c18-17(19,20)16(24)21-15-12(10-22-8-4-1-5-9-22)14(23)11-6-2-3-7-13(11)25-15/h2-3,6-7H,1,4-5,8-10H2,(H,21,24). The maximum absolute atomic E-state index is 12.9. The predicted molar refractivity (Wildman–Crippen MR) is 101 cm³/mol. The van der Waals surface area contributed by atoms with Crippen LogP contribution in [0.3, 0.4) is 0 Å². The van der Waals surface area contributed by atoms with Crippen LogP contribution in [0.5, 0.6) is 0 Å². The molecule has 0 spiro atoms. The Morgan fingerprint density at radius 3 is 2.52 bits per heavy atom. The number of fused-ring (bicyclic) bond motifs is 1. The number of benzene rings is 1. The Labute approximate surface area is 159 Å². The summed E-state index contributed by atoms with van der Waals surface area (Å²) in [4.78, 5) is 27.1. The van der Waals surface area contributed by atoms with Gasteiger partial charge in [-0.2, -0.15) is 0 Å². The summed E-state index contributed by atoms with van der Waals surface area (Å²) in [5.41, 5.74) is 0.546. The Morgan fingerprint density at radius 1 is 1.16 bits per heavy atom. The van der Waals surface area contributed by atoms with Crippen LogP contribution < -0.4 is 10.7 Å². The first kappa shape index (κ1) is 18.5. The lowest BCUT2D eigenvalue weighted by molar-refractivity contribution is -0.115. The number of likely N-dealkylation sites (tertiary alicyclic amines) is 1. The van der Waals surface area contributed by atoms with Crippen LogP contribution in [0.4, 0.5) is 5.88 Å². The second-order valence-electron chi connectivity index (χ2n) is 6.02. The summed E-state index contributed by atoms with van der Waals surface area (Å²) < 4.78 is 3.60. The van der Waals surface area contributed by atoms with Crippen molar-refractivity contribution in [3.8, 4) is 0 Å². The molecule has 0 atom stereocenters. The number of halogens is 3. The smallest absolute Gasteiger partial charge is 0.278 e. The van der Waals surface area contributed by atoms with Crippen LogP contribution in [0.15, 0.2) is 33.5 Å². The molecule has 0 aliphatic carbocycles. The fourth-order valence-corrected chi connectivity index (χ4v) is 3.08. The monoisotopic (exact) mass is 402 g/mol. The minimum absolute atomic E-state index is 0.0330. The molecule has 8 heteroatoms. The van der Waals surface area contributed by atoms with Gasteiger partial charge in [0, 0.05) is 6.54 Å². The average Bonchev–Trinajstić information content (AvgIpc) is 2.58. The van der Waals surface area contributed by atoms with E-state index in [1.807, 2.05) is 0 Å². The molecule has 1 aliphatic rings. The van der Waals surface area contributed by atoms with Crippen LogP contribution in [0.2, 0.25) is 0 Å². The Bertz CT molecular complexity index is 839. The lowest BCUT2D eigenvalue weighted by atomic mass is 10.1. The van der Waals surface area contributed by atoms with Crippen LogP contribution in [-0.4, -0.2) is 27.7 Å². The van der Waals surface area contributed by atoms with Crippen molar-refractivity contribution in [3.63, 3.8) is 0 Å². The van der Waals surface area contributed by atoms with Crippen molar-refractivity contribution in [2.24, 2.45) is 0 Å². The summed E-state index contributed by atoms with van der Waals surface area (Å²) >= 11 is 16.9. The molecule has 1 N–H and O–H groups in total. The number of alkyl halides is 3. The van der Waals surface area contributed by atoms with Gasteiger partial charge in [0.15, 0.2) is 5.43 Å². The summed E-state index contributed by atoms with van der Waals surface area (Å²) in [6.07, 6.45) is 3.34. The van der Waals surface area contributed by atoms with Gasteiger partial charge in [0.2, 0.25) is 5.88 Å². The van der Waals surface area contributed by atoms with E-state index in [2.05, 4.69) is 10.2 Å². The van der Waals surface area contributed by atoms with E-state index in [4.69, 9.17) is 39.2 Å². The van der Waals surface area contributed by atoms with Gasteiger partial charge in [-0.25, -0.2) is 0 Å². The molecule has 1 saturated heterocycles. The van der Waals surface area contributed by atoms with Crippen molar-refractivity contribution < 1.29 is 9.21 Å². The molecule has 1 fully saturated rings. The number of carbonyl (C=O) groups excluding carboxylic acids is 1. The Balaban J connectivity index is 2.04. The first-order valence-electron chi connectivity index (χ1n) is 8.01. The number of nitrogens with zero attached hydrogens (tertiary/aromatic N) is 1. The third kappa shape index (κ3) is 4.29. The van der Waals surface area contributed by atoms with E-state index >= 15 is 0 Å². The van der Waals surface area contributed by atoms with Crippen molar-refractivity contribution in [2.45, 2.75) is 29.6 Å². The molecule has 134 valence electrons. The van der Waals surface area contributed by atoms with Crippen molar-refractivity contribution >= 4 is 57.6 Å². The zero-order valence-corrected chi connectivity index (χ0v) is 15.6. The normalized spacial score (nSPS) is 16.1. The molecule has 2 heterocycles. The van der Waals surface area contributed by atoms with E-state index < -0.39 is 9.70 Å². The third-order valence-corrected chi connectivity index (χ3v) is 4.72. The molecule has 25 heavy (non-hydrogen) atoms.